The first-order valence-electron chi connectivity index (χ1n) is 6.72. The Bertz CT molecular complexity index is 448. The lowest BCUT2D eigenvalue weighted by molar-refractivity contribution is -0.115. The molecule has 0 aliphatic heterocycles. The number of halogens is 1. The van der Waals surface area contributed by atoms with Gasteiger partial charge in [0.15, 0.2) is 5.78 Å². The number of benzene rings is 1. The number of carbonyl (C=O) groups excluding carboxylic acids is 1. The minimum Gasteiger partial charge on any atom is -0.294 e. The Morgan fingerprint density at radius 3 is 2.83 bits per heavy atom. The van der Waals surface area contributed by atoms with Gasteiger partial charge >= 0.3 is 0 Å². The highest BCUT2D eigenvalue weighted by Crippen LogP contribution is 2.19. The van der Waals surface area contributed by atoms with Crippen LogP contribution in [0.4, 0.5) is 4.39 Å². The molecule has 0 bridgehead atoms. The molecule has 0 heterocycles. The zero-order valence-corrected chi connectivity index (χ0v) is 10.6. The number of carbonyl (C=O) groups is 1. The van der Waals surface area contributed by atoms with E-state index in [-0.39, 0.29) is 11.6 Å². The molecule has 0 unspecified atom stereocenters. The summed E-state index contributed by atoms with van der Waals surface area (Å²) in [6.07, 6.45) is 9.05. The average molecular weight is 246 g/mol. The monoisotopic (exact) mass is 246 g/mol. The molecular formula is C16H19FO. The zero-order chi connectivity index (χ0) is 12.8. The van der Waals surface area contributed by atoms with Gasteiger partial charge in [0.1, 0.15) is 5.82 Å². The van der Waals surface area contributed by atoms with E-state index in [4.69, 9.17) is 0 Å². The van der Waals surface area contributed by atoms with Crippen molar-refractivity contribution in [1.29, 1.82) is 0 Å². The maximum Gasteiger partial charge on any atom is 0.162 e. The van der Waals surface area contributed by atoms with E-state index in [1.807, 2.05) is 6.07 Å². The lowest BCUT2D eigenvalue weighted by atomic mass is 9.94. The molecule has 0 amide bonds. The van der Waals surface area contributed by atoms with E-state index in [0.29, 0.717) is 6.42 Å². The molecule has 2 rings (SSSR count). The Morgan fingerprint density at radius 1 is 1.17 bits per heavy atom. The van der Waals surface area contributed by atoms with Gasteiger partial charge in [0.05, 0.1) is 0 Å². The maximum atomic E-state index is 13.1. The van der Waals surface area contributed by atoms with Crippen LogP contribution in [-0.4, -0.2) is 5.78 Å². The average Bonchev–Trinajstić information content (AvgIpc) is 2.28. The third kappa shape index (κ3) is 3.80. The van der Waals surface area contributed by atoms with Crippen LogP contribution in [0.5, 0.6) is 0 Å². The van der Waals surface area contributed by atoms with Crippen LogP contribution in [0.1, 0.15) is 44.1 Å². The molecule has 0 N–H and O–H groups in total. The molecule has 0 fully saturated rings. The predicted octanol–water partition coefficient (Wildman–Crippen LogP) is 4.22. The van der Waals surface area contributed by atoms with Gasteiger partial charge < -0.3 is 0 Å². The molecule has 0 aromatic heterocycles. The van der Waals surface area contributed by atoms with E-state index in [9.17, 15) is 9.18 Å². The van der Waals surface area contributed by atoms with Crippen molar-refractivity contribution in [3.63, 3.8) is 0 Å². The van der Waals surface area contributed by atoms with Crippen molar-refractivity contribution in [2.45, 2.75) is 44.9 Å². The highest BCUT2D eigenvalue weighted by molar-refractivity contribution is 5.96. The molecule has 1 aliphatic carbocycles. The standard InChI is InChI=1S/C16H19FO/c17-15-10-6-7-13(11-15)12-16(18)14-8-4-2-1-3-5-9-14/h6-8,10-11H,1-5,9,12H2/b14-8+. The van der Waals surface area contributed by atoms with Crippen molar-refractivity contribution >= 4 is 5.78 Å². The molecule has 0 atom stereocenters. The summed E-state index contributed by atoms with van der Waals surface area (Å²) in [6.45, 7) is 0. The highest BCUT2D eigenvalue weighted by Gasteiger charge is 2.11. The molecule has 1 aromatic carbocycles. The van der Waals surface area contributed by atoms with Crippen LogP contribution < -0.4 is 0 Å². The molecule has 0 saturated carbocycles. The van der Waals surface area contributed by atoms with Crippen molar-refractivity contribution in [3.8, 4) is 0 Å². The highest BCUT2D eigenvalue weighted by atomic mass is 19.1. The van der Waals surface area contributed by atoms with Crippen LogP contribution in [0, 0.1) is 5.82 Å². The van der Waals surface area contributed by atoms with Gasteiger partial charge in [-0.15, -0.1) is 0 Å². The number of rotatable bonds is 3. The predicted molar refractivity (Wildman–Crippen MR) is 70.9 cm³/mol. The first-order chi connectivity index (χ1) is 8.75. The summed E-state index contributed by atoms with van der Waals surface area (Å²) >= 11 is 0. The summed E-state index contributed by atoms with van der Waals surface area (Å²) in [6, 6.07) is 6.32. The van der Waals surface area contributed by atoms with Crippen molar-refractivity contribution in [2.75, 3.05) is 0 Å². The Kier molecular flexibility index (Phi) is 4.68. The minimum absolute atomic E-state index is 0.155. The Labute approximate surface area is 108 Å². The maximum absolute atomic E-state index is 13.1. The molecule has 0 spiro atoms. The van der Waals surface area contributed by atoms with Crippen LogP contribution in [0.15, 0.2) is 35.9 Å². The van der Waals surface area contributed by atoms with Gasteiger partial charge in [-0.05, 0) is 49.0 Å². The fourth-order valence-corrected chi connectivity index (χ4v) is 2.39. The molecule has 0 radical (unpaired) electrons. The van der Waals surface area contributed by atoms with E-state index in [0.717, 1.165) is 30.4 Å². The third-order valence-corrected chi connectivity index (χ3v) is 3.40. The van der Waals surface area contributed by atoms with Gasteiger partial charge in [0, 0.05) is 6.42 Å². The molecule has 96 valence electrons. The van der Waals surface area contributed by atoms with Crippen molar-refractivity contribution in [1.82, 2.24) is 0 Å². The quantitative estimate of drug-likeness (QED) is 0.780. The SMILES string of the molecule is O=C(Cc1cccc(F)c1)/C1=C/CCCCCC1. The van der Waals surface area contributed by atoms with Gasteiger partial charge in [-0.1, -0.05) is 31.1 Å². The number of Topliss-reactive ketones (excluding diaryl/α,β-unsaturated/α-hetero) is 1. The molecule has 18 heavy (non-hydrogen) atoms. The number of allylic oxidation sites excluding steroid dienone is 2. The lowest BCUT2D eigenvalue weighted by Crippen LogP contribution is -2.08. The van der Waals surface area contributed by atoms with Crippen LogP contribution in [0.3, 0.4) is 0 Å². The van der Waals surface area contributed by atoms with Crippen molar-refractivity contribution in [2.24, 2.45) is 0 Å². The van der Waals surface area contributed by atoms with E-state index in [1.54, 1.807) is 6.07 Å². The second-order valence-electron chi connectivity index (χ2n) is 4.91. The zero-order valence-electron chi connectivity index (χ0n) is 10.6. The first kappa shape index (κ1) is 13.0. The summed E-state index contributed by atoms with van der Waals surface area (Å²) in [4.78, 5) is 12.2. The van der Waals surface area contributed by atoms with Gasteiger partial charge in [-0.25, -0.2) is 4.39 Å². The summed E-state index contributed by atoms with van der Waals surface area (Å²) in [5.41, 5.74) is 1.71. The van der Waals surface area contributed by atoms with E-state index in [2.05, 4.69) is 6.08 Å². The first-order valence-corrected chi connectivity index (χ1v) is 6.72. The van der Waals surface area contributed by atoms with Gasteiger partial charge in [0.2, 0.25) is 0 Å². The molecule has 1 nitrogen and oxygen atoms in total. The fourth-order valence-electron chi connectivity index (χ4n) is 2.39. The molecule has 1 aromatic rings. The minimum atomic E-state index is -0.271. The van der Waals surface area contributed by atoms with Crippen LogP contribution in [0.2, 0.25) is 0 Å². The van der Waals surface area contributed by atoms with Gasteiger partial charge in [-0.2, -0.15) is 0 Å². The number of hydrogen-bond acceptors (Lipinski definition) is 1. The molecular weight excluding hydrogens is 227 g/mol. The second kappa shape index (κ2) is 6.48. The van der Waals surface area contributed by atoms with Crippen LogP contribution >= 0.6 is 0 Å². The topological polar surface area (TPSA) is 17.1 Å². The smallest absolute Gasteiger partial charge is 0.162 e. The normalized spacial score (nSPS) is 19.5. The summed E-state index contributed by atoms with van der Waals surface area (Å²) in [5.74, 6) is -0.116. The Hall–Kier alpha value is -1.44. The largest absolute Gasteiger partial charge is 0.294 e. The molecule has 2 heteroatoms. The fraction of sp³-hybridized carbons (Fsp3) is 0.438. The van der Waals surface area contributed by atoms with Gasteiger partial charge in [0.25, 0.3) is 0 Å². The van der Waals surface area contributed by atoms with Crippen LogP contribution in [-0.2, 0) is 11.2 Å². The second-order valence-corrected chi connectivity index (χ2v) is 4.91. The third-order valence-electron chi connectivity index (χ3n) is 3.40. The Balaban J connectivity index is 2.02. The molecule has 0 saturated heterocycles. The van der Waals surface area contributed by atoms with Crippen molar-refractivity contribution < 1.29 is 9.18 Å². The summed E-state index contributed by atoms with van der Waals surface area (Å²) < 4.78 is 13.1. The molecule has 1 aliphatic rings. The Morgan fingerprint density at radius 2 is 2.00 bits per heavy atom. The van der Waals surface area contributed by atoms with Crippen LogP contribution in [0.25, 0.3) is 0 Å². The van der Waals surface area contributed by atoms with Gasteiger partial charge in [-0.3, -0.25) is 4.79 Å². The van der Waals surface area contributed by atoms with Crippen molar-refractivity contribution in [3.05, 3.63) is 47.3 Å². The summed E-state index contributed by atoms with van der Waals surface area (Å²) in [5, 5.41) is 0. The lowest BCUT2D eigenvalue weighted by Gasteiger charge is -2.10. The van der Waals surface area contributed by atoms with E-state index < -0.39 is 0 Å². The number of ketones is 1. The summed E-state index contributed by atoms with van der Waals surface area (Å²) in [7, 11) is 0. The number of hydrogen-bond donors (Lipinski definition) is 0. The van der Waals surface area contributed by atoms with E-state index in [1.165, 1.54) is 31.4 Å². The van der Waals surface area contributed by atoms with E-state index >= 15 is 0 Å².